The molecule has 0 radical (unpaired) electrons. The first-order valence-electron chi connectivity index (χ1n) is 7.19. The molecule has 0 saturated carbocycles. The van der Waals surface area contributed by atoms with Crippen molar-refractivity contribution in [2.45, 2.75) is 13.8 Å². The highest BCUT2D eigenvalue weighted by molar-refractivity contribution is 9.10. The fraction of sp³-hybridized carbons (Fsp3) is 0.278. The van der Waals surface area contributed by atoms with Crippen LogP contribution in [-0.2, 0) is 0 Å². The number of benzene rings is 2. The molecule has 2 aromatic carbocycles. The van der Waals surface area contributed by atoms with E-state index in [1.807, 2.05) is 56.3 Å². The van der Waals surface area contributed by atoms with Crippen molar-refractivity contribution in [2.24, 2.45) is 0 Å². The van der Waals surface area contributed by atoms with Crippen molar-refractivity contribution in [3.05, 3.63) is 63.6 Å². The summed E-state index contributed by atoms with van der Waals surface area (Å²) >= 11 is 3.39. The normalized spacial score (nSPS) is 10.4. The van der Waals surface area contributed by atoms with Crippen molar-refractivity contribution in [2.75, 3.05) is 20.2 Å². The Bertz CT molecular complexity index is 653. The third-order valence-corrected chi connectivity index (χ3v) is 4.22. The molecular formula is C18H20BrNO2. The van der Waals surface area contributed by atoms with E-state index in [0.717, 1.165) is 26.9 Å². The smallest absolute Gasteiger partial charge is 0.253 e. The standard InChI is InChI=1S/C18H20BrNO2/c1-13-5-4-6-17(14(13)2)18(21)20(3)11-12-22-16-9-7-15(19)8-10-16/h4-10H,11-12H2,1-3H3. The summed E-state index contributed by atoms with van der Waals surface area (Å²) in [6, 6.07) is 13.5. The number of likely N-dealkylation sites (N-methyl/N-ethyl adjacent to an activating group) is 1. The van der Waals surface area contributed by atoms with Gasteiger partial charge in [0.2, 0.25) is 0 Å². The Morgan fingerprint density at radius 2 is 1.82 bits per heavy atom. The molecule has 0 aliphatic carbocycles. The number of carbonyl (C=O) groups is 1. The molecule has 0 heterocycles. The van der Waals surface area contributed by atoms with E-state index in [1.165, 1.54) is 0 Å². The van der Waals surface area contributed by atoms with Crippen LogP contribution >= 0.6 is 15.9 Å². The van der Waals surface area contributed by atoms with Crippen LogP contribution in [0.4, 0.5) is 0 Å². The number of amides is 1. The molecule has 0 fully saturated rings. The first-order valence-corrected chi connectivity index (χ1v) is 7.98. The average Bonchev–Trinajstić information content (AvgIpc) is 2.51. The SMILES string of the molecule is Cc1cccc(C(=O)N(C)CCOc2ccc(Br)cc2)c1C. The molecule has 0 aliphatic rings. The van der Waals surface area contributed by atoms with E-state index in [2.05, 4.69) is 15.9 Å². The van der Waals surface area contributed by atoms with Crippen LogP contribution < -0.4 is 4.74 Å². The van der Waals surface area contributed by atoms with Gasteiger partial charge in [0, 0.05) is 17.1 Å². The van der Waals surface area contributed by atoms with E-state index in [9.17, 15) is 4.79 Å². The summed E-state index contributed by atoms with van der Waals surface area (Å²) in [7, 11) is 1.80. The first-order chi connectivity index (χ1) is 10.5. The molecule has 4 heteroatoms. The maximum absolute atomic E-state index is 12.5. The van der Waals surface area contributed by atoms with Gasteiger partial charge in [0.15, 0.2) is 0 Å². The Morgan fingerprint density at radius 1 is 1.14 bits per heavy atom. The van der Waals surface area contributed by atoms with Crippen LogP contribution in [0.25, 0.3) is 0 Å². The Morgan fingerprint density at radius 3 is 2.50 bits per heavy atom. The fourth-order valence-electron chi connectivity index (χ4n) is 2.12. The first kappa shape index (κ1) is 16.6. The fourth-order valence-corrected chi connectivity index (χ4v) is 2.39. The third-order valence-electron chi connectivity index (χ3n) is 3.69. The van der Waals surface area contributed by atoms with E-state index in [-0.39, 0.29) is 5.91 Å². The molecule has 0 aromatic heterocycles. The molecule has 1 amide bonds. The molecule has 0 aliphatic heterocycles. The molecule has 3 nitrogen and oxygen atoms in total. The monoisotopic (exact) mass is 361 g/mol. The lowest BCUT2D eigenvalue weighted by Crippen LogP contribution is -2.31. The molecule has 0 unspecified atom stereocenters. The van der Waals surface area contributed by atoms with E-state index in [1.54, 1.807) is 11.9 Å². The van der Waals surface area contributed by atoms with Gasteiger partial charge in [0.25, 0.3) is 5.91 Å². The minimum absolute atomic E-state index is 0.0283. The van der Waals surface area contributed by atoms with Crippen LogP contribution in [0.1, 0.15) is 21.5 Å². The molecule has 0 N–H and O–H groups in total. The van der Waals surface area contributed by atoms with Crippen LogP contribution in [0.15, 0.2) is 46.9 Å². The zero-order valence-corrected chi connectivity index (χ0v) is 14.7. The molecule has 0 bridgehead atoms. The summed E-state index contributed by atoms with van der Waals surface area (Å²) in [4.78, 5) is 14.2. The number of carbonyl (C=O) groups excluding carboxylic acids is 1. The minimum Gasteiger partial charge on any atom is -0.492 e. The number of ether oxygens (including phenoxy) is 1. The summed E-state index contributed by atoms with van der Waals surface area (Å²) < 4.78 is 6.67. The van der Waals surface area contributed by atoms with Gasteiger partial charge in [-0.2, -0.15) is 0 Å². The zero-order chi connectivity index (χ0) is 16.1. The molecular weight excluding hydrogens is 342 g/mol. The zero-order valence-electron chi connectivity index (χ0n) is 13.1. The highest BCUT2D eigenvalue weighted by Crippen LogP contribution is 2.17. The average molecular weight is 362 g/mol. The van der Waals surface area contributed by atoms with Crippen molar-refractivity contribution in [3.8, 4) is 5.75 Å². The lowest BCUT2D eigenvalue weighted by Gasteiger charge is -2.19. The van der Waals surface area contributed by atoms with E-state index in [4.69, 9.17) is 4.74 Å². The van der Waals surface area contributed by atoms with E-state index >= 15 is 0 Å². The summed E-state index contributed by atoms with van der Waals surface area (Å²) in [5, 5.41) is 0. The molecule has 0 saturated heterocycles. The molecule has 2 aromatic rings. The van der Waals surface area contributed by atoms with Gasteiger partial charge in [0.05, 0.1) is 6.54 Å². The van der Waals surface area contributed by atoms with Gasteiger partial charge in [-0.05, 0) is 55.3 Å². The van der Waals surface area contributed by atoms with Crippen LogP contribution in [0.3, 0.4) is 0 Å². The Balaban J connectivity index is 1.91. The Labute approximate surface area is 140 Å². The number of nitrogens with zero attached hydrogens (tertiary/aromatic N) is 1. The van der Waals surface area contributed by atoms with E-state index in [0.29, 0.717) is 13.2 Å². The van der Waals surface area contributed by atoms with Gasteiger partial charge in [-0.1, -0.05) is 28.1 Å². The van der Waals surface area contributed by atoms with Gasteiger partial charge in [-0.3, -0.25) is 4.79 Å². The van der Waals surface area contributed by atoms with Crippen LogP contribution in [0.2, 0.25) is 0 Å². The van der Waals surface area contributed by atoms with Crippen molar-refractivity contribution >= 4 is 21.8 Å². The van der Waals surface area contributed by atoms with Crippen LogP contribution in [0.5, 0.6) is 5.75 Å². The highest BCUT2D eigenvalue weighted by atomic mass is 79.9. The van der Waals surface area contributed by atoms with Crippen molar-refractivity contribution in [1.82, 2.24) is 4.90 Å². The molecule has 22 heavy (non-hydrogen) atoms. The second-order valence-electron chi connectivity index (χ2n) is 5.28. The molecule has 0 atom stereocenters. The van der Waals surface area contributed by atoms with Gasteiger partial charge in [0.1, 0.15) is 12.4 Å². The predicted octanol–water partition coefficient (Wildman–Crippen LogP) is 4.22. The van der Waals surface area contributed by atoms with Gasteiger partial charge in [-0.15, -0.1) is 0 Å². The maximum atomic E-state index is 12.5. The van der Waals surface area contributed by atoms with Crippen LogP contribution in [0, 0.1) is 13.8 Å². The van der Waals surface area contributed by atoms with Crippen molar-refractivity contribution in [1.29, 1.82) is 0 Å². The minimum atomic E-state index is 0.0283. The molecule has 0 spiro atoms. The Hall–Kier alpha value is -1.81. The number of hydrogen-bond donors (Lipinski definition) is 0. The highest BCUT2D eigenvalue weighted by Gasteiger charge is 2.14. The van der Waals surface area contributed by atoms with E-state index < -0.39 is 0 Å². The number of rotatable bonds is 5. The predicted molar refractivity (Wildman–Crippen MR) is 92.5 cm³/mol. The summed E-state index contributed by atoms with van der Waals surface area (Å²) in [6.07, 6.45) is 0. The molecule has 116 valence electrons. The second kappa shape index (κ2) is 7.45. The lowest BCUT2D eigenvalue weighted by molar-refractivity contribution is 0.0773. The second-order valence-corrected chi connectivity index (χ2v) is 6.19. The van der Waals surface area contributed by atoms with Crippen molar-refractivity contribution in [3.63, 3.8) is 0 Å². The number of hydrogen-bond acceptors (Lipinski definition) is 2. The summed E-state index contributed by atoms with van der Waals surface area (Å²) in [6.45, 7) is 5.01. The third kappa shape index (κ3) is 4.10. The lowest BCUT2D eigenvalue weighted by atomic mass is 10.0. The summed E-state index contributed by atoms with van der Waals surface area (Å²) in [5.41, 5.74) is 2.92. The largest absolute Gasteiger partial charge is 0.492 e. The quantitative estimate of drug-likeness (QED) is 0.797. The number of halogens is 1. The summed E-state index contributed by atoms with van der Waals surface area (Å²) in [5.74, 6) is 0.830. The van der Waals surface area contributed by atoms with Crippen LogP contribution in [-0.4, -0.2) is 31.0 Å². The van der Waals surface area contributed by atoms with Crippen molar-refractivity contribution < 1.29 is 9.53 Å². The maximum Gasteiger partial charge on any atom is 0.253 e. The van der Waals surface area contributed by atoms with Gasteiger partial charge < -0.3 is 9.64 Å². The van der Waals surface area contributed by atoms with Gasteiger partial charge >= 0.3 is 0 Å². The van der Waals surface area contributed by atoms with Gasteiger partial charge in [-0.25, -0.2) is 0 Å². The Kier molecular flexibility index (Phi) is 5.61. The molecule has 2 rings (SSSR count). The topological polar surface area (TPSA) is 29.5 Å². The number of aryl methyl sites for hydroxylation is 1.